The van der Waals surface area contributed by atoms with Crippen LogP contribution in [0.3, 0.4) is 0 Å². The maximum Gasteiger partial charge on any atom is 0.0550 e. The van der Waals surface area contributed by atoms with E-state index in [0.29, 0.717) is 10.8 Å². The molecule has 1 saturated heterocycles. The van der Waals surface area contributed by atoms with E-state index < -0.39 is 0 Å². The molecule has 0 spiro atoms. The number of hydrogen-bond acceptors (Lipinski definition) is 2. The maximum absolute atomic E-state index is 5.78. The molecule has 0 aromatic rings. The number of hydrogen-bond donors (Lipinski definition) is 1. The molecule has 0 amide bonds. The van der Waals surface area contributed by atoms with Crippen molar-refractivity contribution >= 4 is 0 Å². The molecular formula is C9H17NO. The third kappa shape index (κ3) is 0.798. The van der Waals surface area contributed by atoms with Crippen LogP contribution in [0.25, 0.3) is 0 Å². The van der Waals surface area contributed by atoms with Gasteiger partial charge in [0.2, 0.25) is 0 Å². The Kier molecular flexibility index (Phi) is 1.52. The minimum atomic E-state index is 0.474. The van der Waals surface area contributed by atoms with E-state index in [1.165, 1.54) is 19.3 Å². The number of nitrogens with two attached hydrogens (primary N) is 1. The third-order valence-electron chi connectivity index (χ3n) is 3.80. The van der Waals surface area contributed by atoms with E-state index in [-0.39, 0.29) is 0 Å². The first-order valence-corrected chi connectivity index (χ1v) is 4.56. The van der Waals surface area contributed by atoms with Crippen molar-refractivity contribution in [2.75, 3.05) is 19.8 Å². The fourth-order valence-corrected chi connectivity index (χ4v) is 2.34. The van der Waals surface area contributed by atoms with Crippen molar-refractivity contribution in [3.63, 3.8) is 0 Å². The molecule has 2 fully saturated rings. The molecule has 2 N–H and O–H groups in total. The van der Waals surface area contributed by atoms with Gasteiger partial charge in [-0.15, -0.1) is 0 Å². The molecule has 0 aromatic carbocycles. The summed E-state index contributed by atoms with van der Waals surface area (Å²) < 4.78 is 5.30. The van der Waals surface area contributed by atoms with Gasteiger partial charge in [-0.25, -0.2) is 0 Å². The van der Waals surface area contributed by atoms with Crippen molar-refractivity contribution in [1.29, 1.82) is 0 Å². The smallest absolute Gasteiger partial charge is 0.0550 e. The van der Waals surface area contributed by atoms with Crippen molar-refractivity contribution in [2.45, 2.75) is 26.2 Å². The van der Waals surface area contributed by atoms with E-state index in [0.717, 1.165) is 19.8 Å². The predicted octanol–water partition coefficient (Wildman–Crippen LogP) is 1.15. The summed E-state index contributed by atoms with van der Waals surface area (Å²) in [7, 11) is 0. The summed E-state index contributed by atoms with van der Waals surface area (Å²) in [4.78, 5) is 0. The molecule has 0 aromatic heterocycles. The average molecular weight is 155 g/mol. The summed E-state index contributed by atoms with van der Waals surface area (Å²) in [5, 5.41) is 0. The lowest BCUT2D eigenvalue weighted by molar-refractivity contribution is -0.155. The van der Waals surface area contributed by atoms with E-state index >= 15 is 0 Å². The lowest BCUT2D eigenvalue weighted by Crippen LogP contribution is -2.51. The summed E-state index contributed by atoms with van der Waals surface area (Å²) in [6, 6.07) is 0. The first-order chi connectivity index (χ1) is 5.29. The van der Waals surface area contributed by atoms with Crippen LogP contribution in [0.5, 0.6) is 0 Å². The highest BCUT2D eigenvalue weighted by molar-refractivity contribution is 5.10. The molecule has 0 bridgehead atoms. The molecule has 2 aliphatic rings. The monoisotopic (exact) mass is 155 g/mol. The van der Waals surface area contributed by atoms with Crippen molar-refractivity contribution in [3.8, 4) is 0 Å². The Bertz CT molecular complexity index is 153. The van der Waals surface area contributed by atoms with Crippen LogP contribution in [-0.4, -0.2) is 19.8 Å². The largest absolute Gasteiger partial charge is 0.380 e. The zero-order valence-corrected chi connectivity index (χ0v) is 7.23. The van der Waals surface area contributed by atoms with Crippen LogP contribution in [0.4, 0.5) is 0 Å². The van der Waals surface area contributed by atoms with Crippen LogP contribution in [-0.2, 0) is 4.74 Å². The molecule has 2 heteroatoms. The van der Waals surface area contributed by atoms with Crippen LogP contribution in [0.2, 0.25) is 0 Å². The zero-order valence-electron chi connectivity index (χ0n) is 7.23. The molecule has 1 heterocycles. The molecule has 1 aliphatic carbocycles. The predicted molar refractivity (Wildman–Crippen MR) is 44.3 cm³/mol. The summed E-state index contributed by atoms with van der Waals surface area (Å²) in [6.07, 6.45) is 3.91. The molecule has 2 rings (SSSR count). The topological polar surface area (TPSA) is 35.2 Å². The van der Waals surface area contributed by atoms with Gasteiger partial charge in [-0.3, -0.25) is 0 Å². The van der Waals surface area contributed by atoms with Gasteiger partial charge in [-0.1, -0.05) is 6.92 Å². The molecule has 1 saturated carbocycles. The normalized spacial score (nSPS) is 31.1. The molecule has 1 aliphatic heterocycles. The van der Waals surface area contributed by atoms with Crippen LogP contribution in [0.1, 0.15) is 26.2 Å². The molecule has 0 radical (unpaired) electrons. The van der Waals surface area contributed by atoms with Crippen molar-refractivity contribution in [2.24, 2.45) is 16.6 Å². The Balaban J connectivity index is 2.11. The molecule has 11 heavy (non-hydrogen) atoms. The van der Waals surface area contributed by atoms with Crippen molar-refractivity contribution in [3.05, 3.63) is 0 Å². The Morgan fingerprint density at radius 2 is 1.91 bits per heavy atom. The van der Waals surface area contributed by atoms with Gasteiger partial charge in [0.05, 0.1) is 13.2 Å². The SMILES string of the molecule is CCC1(C2(CN)CC2)COC1. The Morgan fingerprint density at radius 3 is 2.00 bits per heavy atom. The lowest BCUT2D eigenvalue weighted by atomic mass is 9.69. The first-order valence-electron chi connectivity index (χ1n) is 4.56. The highest BCUT2D eigenvalue weighted by atomic mass is 16.5. The van der Waals surface area contributed by atoms with E-state index in [1.807, 2.05) is 0 Å². The standard InChI is InChI=1S/C9H17NO/c1-2-8(6-11-7-8)9(5-10)3-4-9/h2-7,10H2,1H3. The third-order valence-corrected chi connectivity index (χ3v) is 3.80. The van der Waals surface area contributed by atoms with Gasteiger partial charge in [-0.2, -0.15) is 0 Å². The first kappa shape index (κ1) is 7.56. The van der Waals surface area contributed by atoms with Gasteiger partial charge in [-0.05, 0) is 31.2 Å². The van der Waals surface area contributed by atoms with Crippen LogP contribution >= 0.6 is 0 Å². The number of ether oxygens (including phenoxy) is 1. The Hall–Kier alpha value is -0.0800. The minimum Gasteiger partial charge on any atom is -0.380 e. The van der Waals surface area contributed by atoms with Crippen LogP contribution in [0, 0.1) is 10.8 Å². The quantitative estimate of drug-likeness (QED) is 0.663. The highest BCUT2D eigenvalue weighted by Crippen LogP contribution is 2.62. The fourth-order valence-electron chi connectivity index (χ4n) is 2.34. The average Bonchev–Trinajstić information content (AvgIpc) is 2.68. The van der Waals surface area contributed by atoms with Gasteiger partial charge in [0.25, 0.3) is 0 Å². The zero-order chi connectivity index (χ0) is 7.95. The van der Waals surface area contributed by atoms with E-state index in [9.17, 15) is 0 Å². The maximum atomic E-state index is 5.78. The van der Waals surface area contributed by atoms with Gasteiger partial charge in [0.15, 0.2) is 0 Å². The van der Waals surface area contributed by atoms with Crippen LogP contribution in [0.15, 0.2) is 0 Å². The second kappa shape index (κ2) is 2.20. The van der Waals surface area contributed by atoms with Crippen LogP contribution < -0.4 is 5.73 Å². The molecule has 0 unspecified atom stereocenters. The fraction of sp³-hybridized carbons (Fsp3) is 1.00. The summed E-state index contributed by atoms with van der Waals surface area (Å²) >= 11 is 0. The summed E-state index contributed by atoms with van der Waals surface area (Å²) in [6.45, 7) is 5.05. The van der Waals surface area contributed by atoms with E-state index in [4.69, 9.17) is 10.5 Å². The van der Waals surface area contributed by atoms with Crippen molar-refractivity contribution < 1.29 is 4.74 Å². The minimum absolute atomic E-state index is 0.474. The Labute approximate surface area is 68.1 Å². The summed E-state index contributed by atoms with van der Waals surface area (Å²) in [5.41, 5.74) is 6.74. The van der Waals surface area contributed by atoms with E-state index in [2.05, 4.69) is 6.92 Å². The van der Waals surface area contributed by atoms with E-state index in [1.54, 1.807) is 0 Å². The second-order valence-electron chi connectivity index (χ2n) is 4.11. The number of rotatable bonds is 3. The molecular weight excluding hydrogens is 138 g/mol. The second-order valence-corrected chi connectivity index (χ2v) is 4.11. The van der Waals surface area contributed by atoms with Gasteiger partial charge in [0, 0.05) is 5.41 Å². The lowest BCUT2D eigenvalue weighted by Gasteiger charge is -2.47. The van der Waals surface area contributed by atoms with Crippen molar-refractivity contribution in [1.82, 2.24) is 0 Å². The molecule has 64 valence electrons. The van der Waals surface area contributed by atoms with Gasteiger partial charge < -0.3 is 10.5 Å². The molecule has 0 atom stereocenters. The Morgan fingerprint density at radius 1 is 1.27 bits per heavy atom. The molecule has 2 nitrogen and oxygen atoms in total. The highest BCUT2D eigenvalue weighted by Gasteiger charge is 2.60. The summed E-state index contributed by atoms with van der Waals surface area (Å²) in [5.74, 6) is 0. The van der Waals surface area contributed by atoms with Gasteiger partial charge >= 0.3 is 0 Å². The van der Waals surface area contributed by atoms with Gasteiger partial charge in [0.1, 0.15) is 0 Å².